The number of carbonyl (C=O) groups is 3. The Morgan fingerprint density at radius 1 is 0.889 bits per heavy atom. The molecule has 1 amide bonds. The summed E-state index contributed by atoms with van der Waals surface area (Å²) in [6.45, 7) is 7.55. The highest BCUT2D eigenvalue weighted by molar-refractivity contribution is 5.94. The first kappa shape index (κ1) is 29.1. The fraction of sp³-hybridized carbons (Fsp3) is 0.500. The molecule has 0 fully saturated rings. The van der Waals surface area contributed by atoms with Crippen molar-refractivity contribution < 1.29 is 24.2 Å². The molecule has 0 unspecified atom stereocenters. The van der Waals surface area contributed by atoms with E-state index < -0.39 is 23.4 Å². The van der Waals surface area contributed by atoms with Gasteiger partial charge < -0.3 is 14.7 Å². The molecule has 36 heavy (non-hydrogen) atoms. The Morgan fingerprint density at radius 3 is 1.92 bits per heavy atom. The standard InChI is InChI=1S/C30H41NO5/c1-7-8-9-26(29(35)36-30(2,3)4)20-25(28(33)34)15-12-21-10-13-22(14-11-21)23-16-18-24(19-17-23)27(32)31(5)6/h10-11,13-14,16-19,25-26H,7-9,12,15,20H2,1-6H3,(H,33,34)/t25-,26+/m1/s1. The smallest absolute Gasteiger partial charge is 0.309 e. The summed E-state index contributed by atoms with van der Waals surface area (Å²) in [6.07, 6.45) is 3.81. The summed E-state index contributed by atoms with van der Waals surface area (Å²) in [5, 5.41) is 9.85. The van der Waals surface area contributed by atoms with Crippen molar-refractivity contribution in [3.63, 3.8) is 0 Å². The summed E-state index contributed by atoms with van der Waals surface area (Å²) >= 11 is 0. The van der Waals surface area contributed by atoms with Crippen LogP contribution in [0.2, 0.25) is 0 Å². The number of unbranched alkanes of at least 4 members (excludes halogenated alkanes) is 1. The highest BCUT2D eigenvalue weighted by atomic mass is 16.6. The number of esters is 1. The zero-order chi connectivity index (χ0) is 26.9. The zero-order valence-electron chi connectivity index (χ0n) is 22.5. The minimum Gasteiger partial charge on any atom is -0.481 e. The van der Waals surface area contributed by atoms with E-state index in [1.54, 1.807) is 19.0 Å². The van der Waals surface area contributed by atoms with Gasteiger partial charge in [-0.3, -0.25) is 14.4 Å². The number of benzene rings is 2. The summed E-state index contributed by atoms with van der Waals surface area (Å²) in [5.41, 5.74) is 3.14. The summed E-state index contributed by atoms with van der Waals surface area (Å²) < 4.78 is 5.57. The molecule has 0 heterocycles. The summed E-state index contributed by atoms with van der Waals surface area (Å²) in [7, 11) is 3.46. The molecule has 0 saturated heterocycles. The highest BCUT2D eigenvalue weighted by Crippen LogP contribution is 2.27. The molecule has 0 aromatic heterocycles. The van der Waals surface area contributed by atoms with Gasteiger partial charge in [0, 0.05) is 19.7 Å². The maximum Gasteiger partial charge on any atom is 0.309 e. The third-order valence-electron chi connectivity index (χ3n) is 6.17. The SMILES string of the molecule is CCCC[C@@H](C[C@@H](CCc1ccc(-c2ccc(C(=O)N(C)C)cc2)cc1)C(=O)O)C(=O)OC(C)(C)C. The number of nitrogens with zero attached hydrogens (tertiary/aromatic N) is 1. The second-order valence-corrected chi connectivity index (χ2v) is 10.7. The van der Waals surface area contributed by atoms with Crippen molar-refractivity contribution in [1.29, 1.82) is 0 Å². The van der Waals surface area contributed by atoms with Crippen LogP contribution in [0.25, 0.3) is 11.1 Å². The molecule has 2 rings (SSSR count). The second kappa shape index (κ2) is 13.2. The lowest BCUT2D eigenvalue weighted by atomic mass is 9.86. The Kier molecular flexibility index (Phi) is 10.7. The van der Waals surface area contributed by atoms with E-state index in [1.165, 1.54) is 0 Å². The normalized spacial score (nSPS) is 13.1. The van der Waals surface area contributed by atoms with Crippen LogP contribution in [-0.4, -0.2) is 47.5 Å². The average Bonchev–Trinajstić information content (AvgIpc) is 2.82. The Labute approximate surface area is 215 Å². The number of rotatable bonds is 12. The molecule has 0 bridgehead atoms. The van der Waals surface area contributed by atoms with E-state index >= 15 is 0 Å². The van der Waals surface area contributed by atoms with E-state index in [0.717, 1.165) is 29.5 Å². The number of aliphatic carboxylic acids is 1. The molecule has 6 nitrogen and oxygen atoms in total. The van der Waals surface area contributed by atoms with Gasteiger partial charge in [0.2, 0.25) is 0 Å². The first-order chi connectivity index (χ1) is 16.9. The first-order valence-corrected chi connectivity index (χ1v) is 12.8. The fourth-order valence-corrected chi connectivity index (χ4v) is 4.12. The lowest BCUT2D eigenvalue weighted by Crippen LogP contribution is -2.31. The molecule has 2 atom stereocenters. The first-order valence-electron chi connectivity index (χ1n) is 12.8. The largest absolute Gasteiger partial charge is 0.481 e. The Morgan fingerprint density at radius 2 is 1.44 bits per heavy atom. The van der Waals surface area contributed by atoms with Crippen molar-refractivity contribution >= 4 is 17.8 Å². The lowest BCUT2D eigenvalue weighted by molar-refractivity contribution is -0.161. The number of amides is 1. The fourth-order valence-electron chi connectivity index (χ4n) is 4.12. The van der Waals surface area contributed by atoms with Crippen molar-refractivity contribution in [2.45, 2.75) is 71.8 Å². The number of hydrogen-bond acceptors (Lipinski definition) is 4. The Balaban J connectivity index is 2.04. The van der Waals surface area contributed by atoms with Gasteiger partial charge in [0.15, 0.2) is 0 Å². The van der Waals surface area contributed by atoms with Crippen molar-refractivity contribution in [2.75, 3.05) is 14.1 Å². The number of carbonyl (C=O) groups excluding carboxylic acids is 2. The topological polar surface area (TPSA) is 83.9 Å². The quantitative estimate of drug-likeness (QED) is 0.353. The van der Waals surface area contributed by atoms with Crippen LogP contribution in [0.5, 0.6) is 0 Å². The number of carboxylic acid groups (broad SMARTS) is 1. The van der Waals surface area contributed by atoms with Crippen LogP contribution in [0.15, 0.2) is 48.5 Å². The van der Waals surface area contributed by atoms with Gasteiger partial charge in [0.1, 0.15) is 5.60 Å². The molecule has 2 aromatic carbocycles. The van der Waals surface area contributed by atoms with Crippen LogP contribution in [-0.2, 0) is 20.7 Å². The summed E-state index contributed by atoms with van der Waals surface area (Å²) in [5.74, 6) is -2.22. The van der Waals surface area contributed by atoms with E-state index in [2.05, 4.69) is 6.92 Å². The van der Waals surface area contributed by atoms with Gasteiger partial charge in [-0.05, 0) is 75.3 Å². The molecule has 1 N–H and O–H groups in total. The van der Waals surface area contributed by atoms with Crippen molar-refractivity contribution in [3.05, 3.63) is 59.7 Å². The monoisotopic (exact) mass is 495 g/mol. The predicted octanol–water partition coefficient (Wildman–Crippen LogP) is 6.23. The lowest BCUT2D eigenvalue weighted by Gasteiger charge is -2.25. The molecule has 6 heteroatoms. The zero-order valence-corrected chi connectivity index (χ0v) is 22.5. The van der Waals surface area contributed by atoms with Gasteiger partial charge in [-0.25, -0.2) is 0 Å². The van der Waals surface area contributed by atoms with Crippen molar-refractivity contribution in [2.24, 2.45) is 11.8 Å². The highest BCUT2D eigenvalue weighted by Gasteiger charge is 2.30. The van der Waals surface area contributed by atoms with Crippen LogP contribution in [0, 0.1) is 11.8 Å². The average molecular weight is 496 g/mol. The molecule has 0 aliphatic rings. The number of carboxylic acids is 1. The van der Waals surface area contributed by atoms with E-state index in [0.29, 0.717) is 31.2 Å². The minimum absolute atomic E-state index is 0.0338. The van der Waals surface area contributed by atoms with E-state index in [1.807, 2.05) is 69.3 Å². The molecule has 196 valence electrons. The van der Waals surface area contributed by atoms with Crippen LogP contribution < -0.4 is 0 Å². The van der Waals surface area contributed by atoms with E-state index in [4.69, 9.17) is 4.74 Å². The van der Waals surface area contributed by atoms with Crippen molar-refractivity contribution in [3.8, 4) is 11.1 Å². The predicted molar refractivity (Wildman–Crippen MR) is 143 cm³/mol. The van der Waals surface area contributed by atoms with Gasteiger partial charge in [0.25, 0.3) is 5.91 Å². The molecule has 0 aliphatic heterocycles. The van der Waals surface area contributed by atoms with Gasteiger partial charge in [-0.15, -0.1) is 0 Å². The second-order valence-electron chi connectivity index (χ2n) is 10.7. The number of hydrogen-bond donors (Lipinski definition) is 1. The Bertz CT molecular complexity index is 1000. The molecular formula is C30H41NO5. The molecule has 2 aromatic rings. The van der Waals surface area contributed by atoms with Gasteiger partial charge in [-0.1, -0.05) is 56.2 Å². The van der Waals surface area contributed by atoms with Crippen LogP contribution in [0.3, 0.4) is 0 Å². The maximum absolute atomic E-state index is 12.7. The van der Waals surface area contributed by atoms with Crippen LogP contribution in [0.1, 0.15) is 75.7 Å². The van der Waals surface area contributed by atoms with Gasteiger partial charge in [0.05, 0.1) is 11.8 Å². The minimum atomic E-state index is -0.871. The third kappa shape index (κ3) is 9.14. The Hall–Kier alpha value is -3.15. The molecule has 0 spiro atoms. The van der Waals surface area contributed by atoms with Crippen molar-refractivity contribution in [1.82, 2.24) is 4.90 Å². The van der Waals surface area contributed by atoms with Crippen LogP contribution >= 0.6 is 0 Å². The summed E-state index contributed by atoms with van der Waals surface area (Å²) in [4.78, 5) is 38.4. The molecule has 0 radical (unpaired) electrons. The third-order valence-corrected chi connectivity index (χ3v) is 6.17. The molecular weight excluding hydrogens is 454 g/mol. The number of ether oxygens (including phenoxy) is 1. The molecule has 0 saturated carbocycles. The molecule has 0 aliphatic carbocycles. The van der Waals surface area contributed by atoms with E-state index in [-0.39, 0.29) is 11.9 Å². The maximum atomic E-state index is 12.7. The number of aryl methyl sites for hydroxylation is 1. The van der Waals surface area contributed by atoms with Gasteiger partial charge in [-0.2, -0.15) is 0 Å². The van der Waals surface area contributed by atoms with Gasteiger partial charge >= 0.3 is 11.9 Å². The van der Waals surface area contributed by atoms with E-state index in [9.17, 15) is 19.5 Å². The summed E-state index contributed by atoms with van der Waals surface area (Å²) in [6, 6.07) is 15.5. The van der Waals surface area contributed by atoms with Crippen LogP contribution in [0.4, 0.5) is 0 Å².